The van der Waals surface area contributed by atoms with Crippen LogP contribution in [-0.4, -0.2) is 31.5 Å². The van der Waals surface area contributed by atoms with Gasteiger partial charge in [-0.1, -0.05) is 40.2 Å². The lowest BCUT2D eigenvalue weighted by atomic mass is 10.2. The minimum Gasteiger partial charge on any atom is -0.495 e. The van der Waals surface area contributed by atoms with Gasteiger partial charge in [0.05, 0.1) is 12.8 Å². The molecular weight excluding hydrogens is 488 g/mol. The van der Waals surface area contributed by atoms with Gasteiger partial charge in [-0.05, 0) is 60.2 Å². The first kappa shape index (κ1) is 23.7. The minimum atomic E-state index is -0.631. The number of esters is 1. The Bertz CT molecular complexity index is 1180. The predicted molar refractivity (Wildman–Crippen MR) is 130 cm³/mol. The Hall–Kier alpha value is -3.91. The standard InChI is InChI=1S/C25H21BrN2O5/c1-32-22-8-3-2-7-21(22)28-25(31)18-10-12-20(13-11-18)27-23(29)16-33-24(30)14-9-17-5-4-6-19(26)15-17/h2-15H,16H2,1H3,(H,27,29)(H,28,31)/b14-9+. The number of anilines is 2. The van der Waals surface area contributed by atoms with Crippen LogP contribution in [0.1, 0.15) is 15.9 Å². The molecule has 0 aromatic heterocycles. The lowest BCUT2D eigenvalue weighted by Gasteiger charge is -2.10. The summed E-state index contributed by atoms with van der Waals surface area (Å²) in [5.41, 5.74) is 2.25. The summed E-state index contributed by atoms with van der Waals surface area (Å²) in [6, 6.07) is 20.8. The summed E-state index contributed by atoms with van der Waals surface area (Å²) in [7, 11) is 1.53. The first-order valence-corrected chi connectivity index (χ1v) is 10.7. The maximum atomic E-state index is 12.5. The van der Waals surface area contributed by atoms with E-state index in [2.05, 4.69) is 26.6 Å². The summed E-state index contributed by atoms with van der Waals surface area (Å²) >= 11 is 3.35. The molecule has 0 aliphatic carbocycles. The lowest BCUT2D eigenvalue weighted by molar-refractivity contribution is -0.142. The number of halogens is 1. The molecule has 2 N–H and O–H groups in total. The average molecular weight is 509 g/mol. The molecular formula is C25H21BrN2O5. The van der Waals surface area contributed by atoms with Gasteiger partial charge >= 0.3 is 5.97 Å². The highest BCUT2D eigenvalue weighted by atomic mass is 79.9. The van der Waals surface area contributed by atoms with Crippen LogP contribution < -0.4 is 15.4 Å². The normalized spacial score (nSPS) is 10.5. The molecule has 0 aliphatic rings. The van der Waals surface area contributed by atoms with E-state index in [1.165, 1.54) is 13.2 Å². The number of rotatable bonds is 8. The van der Waals surface area contributed by atoms with Crippen LogP contribution in [0.25, 0.3) is 6.08 Å². The van der Waals surface area contributed by atoms with E-state index < -0.39 is 18.5 Å². The summed E-state index contributed by atoms with van der Waals surface area (Å²) in [4.78, 5) is 36.3. The molecule has 3 aromatic rings. The molecule has 168 valence electrons. The maximum Gasteiger partial charge on any atom is 0.331 e. The number of carbonyl (C=O) groups is 3. The van der Waals surface area contributed by atoms with Crippen molar-refractivity contribution >= 4 is 51.2 Å². The van der Waals surface area contributed by atoms with Crippen molar-refractivity contribution in [3.05, 3.63) is 94.5 Å². The van der Waals surface area contributed by atoms with Crippen molar-refractivity contribution in [3.63, 3.8) is 0 Å². The second-order valence-corrected chi connectivity index (χ2v) is 7.69. The molecule has 3 aromatic carbocycles. The number of para-hydroxylation sites is 2. The molecule has 0 spiro atoms. The zero-order valence-electron chi connectivity index (χ0n) is 17.7. The summed E-state index contributed by atoms with van der Waals surface area (Å²) in [6.45, 7) is -0.433. The third-order valence-electron chi connectivity index (χ3n) is 4.39. The third-order valence-corrected chi connectivity index (χ3v) is 4.89. The predicted octanol–water partition coefficient (Wildman–Crippen LogP) is 4.91. The second-order valence-electron chi connectivity index (χ2n) is 6.78. The van der Waals surface area contributed by atoms with Crippen LogP contribution >= 0.6 is 15.9 Å². The van der Waals surface area contributed by atoms with Crippen molar-refractivity contribution in [2.45, 2.75) is 0 Å². The average Bonchev–Trinajstić information content (AvgIpc) is 2.82. The van der Waals surface area contributed by atoms with Crippen molar-refractivity contribution in [3.8, 4) is 5.75 Å². The van der Waals surface area contributed by atoms with E-state index >= 15 is 0 Å². The van der Waals surface area contributed by atoms with Gasteiger partial charge in [0.15, 0.2) is 6.61 Å². The number of carbonyl (C=O) groups excluding carboxylic acids is 3. The SMILES string of the molecule is COc1ccccc1NC(=O)c1ccc(NC(=O)COC(=O)/C=C/c2cccc(Br)c2)cc1. The number of hydrogen-bond donors (Lipinski definition) is 2. The number of hydrogen-bond acceptors (Lipinski definition) is 5. The molecule has 0 saturated heterocycles. The first-order valence-electron chi connectivity index (χ1n) is 9.89. The van der Waals surface area contributed by atoms with Gasteiger partial charge in [0.1, 0.15) is 5.75 Å². The fourth-order valence-corrected chi connectivity index (χ4v) is 3.22. The molecule has 0 aliphatic heterocycles. The molecule has 0 radical (unpaired) electrons. The molecule has 0 heterocycles. The van der Waals surface area contributed by atoms with Crippen LogP contribution in [0.5, 0.6) is 5.75 Å². The highest BCUT2D eigenvalue weighted by Gasteiger charge is 2.10. The van der Waals surface area contributed by atoms with Gasteiger partial charge in [-0.3, -0.25) is 9.59 Å². The summed E-state index contributed by atoms with van der Waals surface area (Å²) < 4.78 is 11.1. The van der Waals surface area contributed by atoms with Gasteiger partial charge in [-0.2, -0.15) is 0 Å². The minimum absolute atomic E-state index is 0.316. The molecule has 0 bridgehead atoms. The Balaban J connectivity index is 1.48. The fraction of sp³-hybridized carbons (Fsp3) is 0.0800. The van der Waals surface area contributed by atoms with Crippen molar-refractivity contribution in [1.29, 1.82) is 0 Å². The molecule has 0 unspecified atom stereocenters. The Kier molecular flexibility index (Phi) is 8.37. The Morgan fingerprint density at radius 3 is 2.42 bits per heavy atom. The van der Waals surface area contributed by atoms with Gasteiger partial charge in [0.25, 0.3) is 11.8 Å². The summed E-state index contributed by atoms with van der Waals surface area (Å²) in [6.07, 6.45) is 2.85. The first-order chi connectivity index (χ1) is 15.9. The van der Waals surface area contributed by atoms with E-state index in [4.69, 9.17) is 9.47 Å². The smallest absolute Gasteiger partial charge is 0.331 e. The van der Waals surface area contributed by atoms with Crippen LogP contribution in [-0.2, 0) is 14.3 Å². The van der Waals surface area contributed by atoms with Crippen LogP contribution in [0.4, 0.5) is 11.4 Å². The van der Waals surface area contributed by atoms with Crippen molar-refractivity contribution < 1.29 is 23.9 Å². The molecule has 0 atom stereocenters. The topological polar surface area (TPSA) is 93.7 Å². The number of ether oxygens (including phenoxy) is 2. The van der Waals surface area contributed by atoms with Gasteiger partial charge in [-0.15, -0.1) is 0 Å². The van der Waals surface area contributed by atoms with E-state index in [9.17, 15) is 14.4 Å². The Morgan fingerprint density at radius 2 is 1.70 bits per heavy atom. The monoisotopic (exact) mass is 508 g/mol. The van der Waals surface area contributed by atoms with Crippen LogP contribution in [0.15, 0.2) is 83.3 Å². The Morgan fingerprint density at radius 1 is 0.939 bits per heavy atom. The van der Waals surface area contributed by atoms with E-state index in [1.807, 2.05) is 30.3 Å². The molecule has 33 heavy (non-hydrogen) atoms. The number of benzene rings is 3. The van der Waals surface area contributed by atoms with Crippen LogP contribution in [0.2, 0.25) is 0 Å². The van der Waals surface area contributed by atoms with E-state index in [-0.39, 0.29) is 5.91 Å². The number of nitrogens with one attached hydrogen (secondary N) is 2. The van der Waals surface area contributed by atoms with Crippen molar-refractivity contribution in [2.24, 2.45) is 0 Å². The quantitative estimate of drug-likeness (QED) is 0.333. The third kappa shape index (κ3) is 7.33. The maximum absolute atomic E-state index is 12.5. The van der Waals surface area contributed by atoms with E-state index in [0.717, 1.165) is 10.0 Å². The van der Waals surface area contributed by atoms with E-state index in [0.29, 0.717) is 22.7 Å². The van der Waals surface area contributed by atoms with Gasteiger partial charge in [0.2, 0.25) is 0 Å². The second kappa shape index (κ2) is 11.6. The fourth-order valence-electron chi connectivity index (χ4n) is 2.80. The van der Waals surface area contributed by atoms with Crippen molar-refractivity contribution in [2.75, 3.05) is 24.4 Å². The summed E-state index contributed by atoms with van der Waals surface area (Å²) in [5, 5.41) is 5.39. The summed E-state index contributed by atoms with van der Waals surface area (Å²) in [5.74, 6) is -0.891. The zero-order valence-corrected chi connectivity index (χ0v) is 19.3. The Labute approximate surface area is 199 Å². The molecule has 8 heteroatoms. The molecule has 2 amide bonds. The van der Waals surface area contributed by atoms with Crippen molar-refractivity contribution in [1.82, 2.24) is 0 Å². The molecule has 0 saturated carbocycles. The van der Waals surface area contributed by atoms with Crippen LogP contribution in [0, 0.1) is 0 Å². The highest BCUT2D eigenvalue weighted by molar-refractivity contribution is 9.10. The largest absolute Gasteiger partial charge is 0.495 e. The lowest BCUT2D eigenvalue weighted by Crippen LogP contribution is -2.20. The highest BCUT2D eigenvalue weighted by Crippen LogP contribution is 2.24. The molecule has 3 rings (SSSR count). The van der Waals surface area contributed by atoms with Crippen LogP contribution in [0.3, 0.4) is 0 Å². The van der Waals surface area contributed by atoms with Gasteiger partial charge in [-0.25, -0.2) is 4.79 Å². The van der Waals surface area contributed by atoms with Gasteiger partial charge < -0.3 is 20.1 Å². The van der Waals surface area contributed by atoms with Gasteiger partial charge in [0, 0.05) is 21.8 Å². The number of amides is 2. The molecule has 7 nitrogen and oxygen atoms in total. The zero-order chi connectivity index (χ0) is 23.6. The van der Waals surface area contributed by atoms with E-state index in [1.54, 1.807) is 48.5 Å². The molecule has 0 fully saturated rings. The number of methoxy groups -OCH3 is 1.